The largest absolute Gasteiger partial charge is 0.491 e. The van der Waals surface area contributed by atoms with Crippen molar-refractivity contribution < 1.29 is 9.84 Å². The molecule has 0 unspecified atom stereocenters. The summed E-state index contributed by atoms with van der Waals surface area (Å²) in [5.41, 5.74) is 7.64. The number of benzene rings is 1. The number of nitrogens with one attached hydrogen (secondary N) is 1. The van der Waals surface area contributed by atoms with E-state index in [1.807, 2.05) is 18.2 Å². The van der Waals surface area contributed by atoms with Crippen LogP contribution < -0.4 is 15.8 Å². The fourth-order valence-corrected chi connectivity index (χ4v) is 2.96. The van der Waals surface area contributed by atoms with E-state index in [1.165, 1.54) is 19.3 Å². The molecule has 1 aromatic carbocycles. The Hall–Kier alpha value is -1.42. The highest BCUT2D eigenvalue weighted by atomic mass is 16.5. The van der Waals surface area contributed by atoms with Crippen molar-refractivity contribution in [2.24, 2.45) is 5.41 Å². The molecule has 4 heteroatoms. The van der Waals surface area contributed by atoms with Gasteiger partial charge in [0.1, 0.15) is 5.75 Å². The van der Waals surface area contributed by atoms with Crippen molar-refractivity contribution >= 4 is 11.4 Å². The standard InChI is InChI=1S/C17H28N2O2/c1-2-10-21-16-11-14(6-7-15(16)18)19-12-17(13-20)8-4-3-5-9-17/h6-7,11,19-20H,2-5,8-10,12-13,18H2,1H3. The molecule has 0 amide bonds. The maximum atomic E-state index is 9.75. The van der Waals surface area contributed by atoms with Crippen molar-refractivity contribution in [2.75, 3.05) is 30.8 Å². The first kappa shape index (κ1) is 16.0. The molecule has 1 aliphatic rings. The lowest BCUT2D eigenvalue weighted by Gasteiger charge is -2.36. The van der Waals surface area contributed by atoms with E-state index in [-0.39, 0.29) is 12.0 Å². The molecule has 21 heavy (non-hydrogen) atoms. The number of anilines is 2. The Balaban J connectivity index is 1.98. The van der Waals surface area contributed by atoms with Crippen LogP contribution in [0.25, 0.3) is 0 Å². The first-order valence-corrected chi connectivity index (χ1v) is 8.06. The molecule has 0 spiro atoms. The van der Waals surface area contributed by atoms with E-state index in [0.29, 0.717) is 12.3 Å². The SMILES string of the molecule is CCCOc1cc(NCC2(CO)CCCCC2)ccc1N. The predicted octanol–water partition coefficient (Wildman–Crippen LogP) is 3.41. The summed E-state index contributed by atoms with van der Waals surface area (Å²) in [6.45, 7) is 3.81. The normalized spacial score (nSPS) is 17.4. The van der Waals surface area contributed by atoms with Gasteiger partial charge in [0, 0.05) is 23.7 Å². The molecule has 0 saturated heterocycles. The summed E-state index contributed by atoms with van der Waals surface area (Å²) < 4.78 is 5.66. The Kier molecular flexibility index (Phi) is 5.74. The van der Waals surface area contributed by atoms with Crippen molar-refractivity contribution in [3.63, 3.8) is 0 Å². The Labute approximate surface area is 127 Å². The lowest BCUT2D eigenvalue weighted by molar-refractivity contribution is 0.0944. The number of ether oxygens (including phenoxy) is 1. The number of aliphatic hydroxyl groups excluding tert-OH is 1. The van der Waals surface area contributed by atoms with Crippen molar-refractivity contribution in [3.05, 3.63) is 18.2 Å². The van der Waals surface area contributed by atoms with E-state index in [9.17, 15) is 5.11 Å². The highest BCUT2D eigenvalue weighted by molar-refractivity contribution is 5.61. The third kappa shape index (κ3) is 4.27. The minimum absolute atomic E-state index is 0.0318. The van der Waals surface area contributed by atoms with Crippen LogP contribution in [0.15, 0.2) is 18.2 Å². The first-order chi connectivity index (χ1) is 10.2. The van der Waals surface area contributed by atoms with E-state index >= 15 is 0 Å². The Morgan fingerprint density at radius 3 is 2.71 bits per heavy atom. The molecule has 0 aliphatic heterocycles. The molecule has 1 aromatic rings. The molecule has 0 radical (unpaired) electrons. The van der Waals surface area contributed by atoms with Crippen molar-refractivity contribution in [2.45, 2.75) is 45.4 Å². The molecule has 0 aromatic heterocycles. The summed E-state index contributed by atoms with van der Waals surface area (Å²) in [4.78, 5) is 0. The van der Waals surface area contributed by atoms with Crippen LogP contribution in [0.1, 0.15) is 45.4 Å². The van der Waals surface area contributed by atoms with Crippen LogP contribution in [0.3, 0.4) is 0 Å². The van der Waals surface area contributed by atoms with Crippen LogP contribution in [-0.4, -0.2) is 24.9 Å². The monoisotopic (exact) mass is 292 g/mol. The third-order valence-electron chi connectivity index (χ3n) is 4.39. The van der Waals surface area contributed by atoms with Crippen molar-refractivity contribution in [1.82, 2.24) is 0 Å². The van der Waals surface area contributed by atoms with Gasteiger partial charge in [-0.15, -0.1) is 0 Å². The number of nitrogens with two attached hydrogens (primary N) is 1. The van der Waals surface area contributed by atoms with E-state index in [2.05, 4.69) is 12.2 Å². The number of rotatable bonds is 7. The zero-order valence-electron chi connectivity index (χ0n) is 13.0. The molecule has 0 bridgehead atoms. The van der Waals surface area contributed by atoms with E-state index in [1.54, 1.807) is 0 Å². The molecule has 2 rings (SSSR count). The van der Waals surface area contributed by atoms with E-state index in [4.69, 9.17) is 10.5 Å². The molecule has 118 valence electrons. The van der Waals surface area contributed by atoms with Gasteiger partial charge in [-0.05, 0) is 31.4 Å². The fraction of sp³-hybridized carbons (Fsp3) is 0.647. The number of hydrogen-bond donors (Lipinski definition) is 3. The zero-order chi connectivity index (χ0) is 15.1. The second kappa shape index (κ2) is 7.55. The Morgan fingerprint density at radius 2 is 2.05 bits per heavy atom. The lowest BCUT2D eigenvalue weighted by atomic mass is 9.74. The van der Waals surface area contributed by atoms with Gasteiger partial charge in [-0.25, -0.2) is 0 Å². The van der Waals surface area contributed by atoms with Crippen LogP contribution in [0.5, 0.6) is 5.75 Å². The second-order valence-electron chi connectivity index (χ2n) is 6.17. The maximum Gasteiger partial charge on any atom is 0.144 e. The van der Waals surface area contributed by atoms with Gasteiger partial charge in [-0.1, -0.05) is 26.2 Å². The van der Waals surface area contributed by atoms with E-state index < -0.39 is 0 Å². The molecule has 1 aliphatic carbocycles. The van der Waals surface area contributed by atoms with Gasteiger partial charge in [0.2, 0.25) is 0 Å². The van der Waals surface area contributed by atoms with Crippen LogP contribution in [0, 0.1) is 5.41 Å². The highest BCUT2D eigenvalue weighted by Crippen LogP contribution is 2.36. The molecule has 1 saturated carbocycles. The molecule has 0 heterocycles. The van der Waals surface area contributed by atoms with Gasteiger partial charge in [0.25, 0.3) is 0 Å². The molecular formula is C17H28N2O2. The minimum Gasteiger partial charge on any atom is -0.491 e. The highest BCUT2D eigenvalue weighted by Gasteiger charge is 2.31. The summed E-state index contributed by atoms with van der Waals surface area (Å²) in [5.74, 6) is 0.739. The van der Waals surface area contributed by atoms with Gasteiger partial charge in [-0.2, -0.15) is 0 Å². The minimum atomic E-state index is 0.0318. The van der Waals surface area contributed by atoms with Crippen LogP contribution in [0.2, 0.25) is 0 Å². The van der Waals surface area contributed by atoms with Gasteiger partial charge in [0.15, 0.2) is 0 Å². The Bertz CT molecular complexity index is 442. The number of nitrogen functional groups attached to an aromatic ring is 1. The van der Waals surface area contributed by atoms with Crippen molar-refractivity contribution in [3.8, 4) is 5.75 Å². The average Bonchev–Trinajstić information content (AvgIpc) is 2.54. The maximum absolute atomic E-state index is 9.75. The van der Waals surface area contributed by atoms with Crippen LogP contribution >= 0.6 is 0 Å². The summed E-state index contributed by atoms with van der Waals surface area (Å²) in [7, 11) is 0. The predicted molar refractivity (Wildman–Crippen MR) is 87.7 cm³/mol. The van der Waals surface area contributed by atoms with Gasteiger partial charge in [-0.3, -0.25) is 0 Å². The molecule has 4 nitrogen and oxygen atoms in total. The summed E-state index contributed by atoms with van der Waals surface area (Å²) >= 11 is 0. The zero-order valence-corrected chi connectivity index (χ0v) is 13.0. The quantitative estimate of drug-likeness (QED) is 0.674. The smallest absolute Gasteiger partial charge is 0.144 e. The molecule has 1 fully saturated rings. The fourth-order valence-electron chi connectivity index (χ4n) is 2.96. The number of aliphatic hydroxyl groups is 1. The first-order valence-electron chi connectivity index (χ1n) is 8.06. The lowest BCUT2D eigenvalue weighted by Crippen LogP contribution is -2.35. The number of hydrogen-bond acceptors (Lipinski definition) is 4. The van der Waals surface area contributed by atoms with Gasteiger partial charge < -0.3 is 20.9 Å². The Morgan fingerprint density at radius 1 is 1.29 bits per heavy atom. The molecular weight excluding hydrogens is 264 g/mol. The molecule has 4 N–H and O–H groups in total. The third-order valence-corrected chi connectivity index (χ3v) is 4.39. The van der Waals surface area contributed by atoms with Gasteiger partial charge in [0.05, 0.1) is 18.9 Å². The summed E-state index contributed by atoms with van der Waals surface area (Å²) in [5, 5.41) is 13.2. The summed E-state index contributed by atoms with van der Waals surface area (Å²) in [6, 6.07) is 5.81. The van der Waals surface area contributed by atoms with Crippen LogP contribution in [0.4, 0.5) is 11.4 Å². The summed E-state index contributed by atoms with van der Waals surface area (Å²) in [6.07, 6.45) is 6.89. The average molecular weight is 292 g/mol. The van der Waals surface area contributed by atoms with E-state index in [0.717, 1.165) is 37.2 Å². The van der Waals surface area contributed by atoms with Crippen LogP contribution in [-0.2, 0) is 0 Å². The molecule has 0 atom stereocenters. The van der Waals surface area contributed by atoms with Crippen molar-refractivity contribution in [1.29, 1.82) is 0 Å². The van der Waals surface area contributed by atoms with Gasteiger partial charge >= 0.3 is 0 Å². The second-order valence-corrected chi connectivity index (χ2v) is 6.17. The topological polar surface area (TPSA) is 67.5 Å².